The number of alkyl halides is 3. The number of hydrogen-bond acceptors (Lipinski definition) is 2. The molecule has 0 saturated heterocycles. The lowest BCUT2D eigenvalue weighted by atomic mass is 10.1. The minimum Gasteiger partial charge on any atom is -0.488 e. The molecule has 0 aliphatic rings. The lowest BCUT2D eigenvalue weighted by molar-refractivity contribution is -0.139. The van der Waals surface area contributed by atoms with Crippen molar-refractivity contribution >= 4 is 21.6 Å². The highest BCUT2D eigenvalue weighted by Gasteiger charge is 2.34. The van der Waals surface area contributed by atoms with Crippen molar-refractivity contribution in [3.05, 3.63) is 58.1 Å². The maximum atomic E-state index is 12.9. The maximum absolute atomic E-state index is 12.9. The van der Waals surface area contributed by atoms with Gasteiger partial charge in [-0.25, -0.2) is 0 Å². The molecule has 106 valence electrons. The third kappa shape index (κ3) is 3.66. The standard InChI is InChI=1S/C14H11BrF3NO/c15-10-3-1-2-9(6-10)8-20-13-5-4-11(19)7-12(13)14(16,17)18/h1-7H,8,19H2. The Hall–Kier alpha value is -1.69. The molecule has 0 aliphatic carbocycles. The molecule has 0 bridgehead atoms. The van der Waals surface area contributed by atoms with E-state index in [-0.39, 0.29) is 18.0 Å². The van der Waals surface area contributed by atoms with Crippen LogP contribution in [0.5, 0.6) is 5.75 Å². The van der Waals surface area contributed by atoms with Crippen LogP contribution in [0, 0.1) is 0 Å². The van der Waals surface area contributed by atoms with Crippen molar-refractivity contribution in [3.63, 3.8) is 0 Å². The smallest absolute Gasteiger partial charge is 0.420 e. The lowest BCUT2D eigenvalue weighted by Crippen LogP contribution is -2.09. The molecule has 20 heavy (non-hydrogen) atoms. The summed E-state index contributed by atoms with van der Waals surface area (Å²) in [5, 5.41) is 0. The Labute approximate surface area is 122 Å². The Bertz CT molecular complexity index is 614. The molecule has 0 amide bonds. The van der Waals surface area contributed by atoms with Crippen LogP contribution in [0.25, 0.3) is 0 Å². The summed E-state index contributed by atoms with van der Waals surface area (Å²) < 4.78 is 44.7. The molecular weight excluding hydrogens is 335 g/mol. The summed E-state index contributed by atoms with van der Waals surface area (Å²) in [6.07, 6.45) is -4.50. The van der Waals surface area contributed by atoms with Gasteiger partial charge in [0.1, 0.15) is 12.4 Å². The van der Waals surface area contributed by atoms with Gasteiger partial charge in [0.15, 0.2) is 0 Å². The van der Waals surface area contributed by atoms with Crippen molar-refractivity contribution in [2.24, 2.45) is 0 Å². The number of halogens is 4. The fourth-order valence-electron chi connectivity index (χ4n) is 1.68. The van der Waals surface area contributed by atoms with E-state index in [1.807, 2.05) is 6.07 Å². The molecule has 0 unspecified atom stereocenters. The maximum Gasteiger partial charge on any atom is 0.420 e. The fourth-order valence-corrected chi connectivity index (χ4v) is 2.13. The van der Waals surface area contributed by atoms with E-state index in [0.717, 1.165) is 16.1 Å². The van der Waals surface area contributed by atoms with Crippen LogP contribution in [-0.2, 0) is 12.8 Å². The van der Waals surface area contributed by atoms with Crippen LogP contribution in [0.15, 0.2) is 46.9 Å². The second-order valence-corrected chi connectivity index (χ2v) is 5.09. The highest BCUT2D eigenvalue weighted by molar-refractivity contribution is 9.10. The number of ether oxygens (including phenoxy) is 1. The van der Waals surface area contributed by atoms with Crippen molar-refractivity contribution < 1.29 is 17.9 Å². The van der Waals surface area contributed by atoms with Crippen LogP contribution in [0.1, 0.15) is 11.1 Å². The van der Waals surface area contributed by atoms with Gasteiger partial charge < -0.3 is 10.5 Å². The van der Waals surface area contributed by atoms with Gasteiger partial charge in [0.25, 0.3) is 0 Å². The van der Waals surface area contributed by atoms with Crippen LogP contribution < -0.4 is 10.5 Å². The van der Waals surface area contributed by atoms with Gasteiger partial charge in [0, 0.05) is 10.2 Å². The zero-order valence-electron chi connectivity index (χ0n) is 10.2. The van der Waals surface area contributed by atoms with E-state index < -0.39 is 11.7 Å². The molecule has 0 aliphatic heterocycles. The van der Waals surface area contributed by atoms with Crippen molar-refractivity contribution in [1.29, 1.82) is 0 Å². The second kappa shape index (κ2) is 5.75. The molecule has 2 N–H and O–H groups in total. The topological polar surface area (TPSA) is 35.2 Å². The predicted octanol–water partition coefficient (Wildman–Crippen LogP) is 4.63. The van der Waals surface area contributed by atoms with Gasteiger partial charge in [0.05, 0.1) is 5.56 Å². The van der Waals surface area contributed by atoms with Gasteiger partial charge in [-0.1, -0.05) is 28.1 Å². The minimum absolute atomic E-state index is 0.0481. The van der Waals surface area contributed by atoms with E-state index in [1.54, 1.807) is 18.2 Å². The Morgan fingerprint density at radius 1 is 1.10 bits per heavy atom. The average Bonchev–Trinajstić information content (AvgIpc) is 2.36. The van der Waals surface area contributed by atoms with E-state index in [1.165, 1.54) is 12.1 Å². The molecule has 2 rings (SSSR count). The fraction of sp³-hybridized carbons (Fsp3) is 0.143. The zero-order valence-corrected chi connectivity index (χ0v) is 11.8. The quantitative estimate of drug-likeness (QED) is 0.823. The zero-order chi connectivity index (χ0) is 14.8. The second-order valence-electron chi connectivity index (χ2n) is 4.17. The summed E-state index contributed by atoms with van der Waals surface area (Å²) in [5.74, 6) is -0.230. The summed E-state index contributed by atoms with van der Waals surface area (Å²) in [5.41, 5.74) is 5.34. The molecule has 2 nitrogen and oxygen atoms in total. The van der Waals surface area contributed by atoms with Crippen LogP contribution in [0.2, 0.25) is 0 Å². The Balaban J connectivity index is 2.21. The number of benzene rings is 2. The van der Waals surface area contributed by atoms with Crippen molar-refractivity contribution in [3.8, 4) is 5.75 Å². The van der Waals surface area contributed by atoms with Crippen molar-refractivity contribution in [1.82, 2.24) is 0 Å². The molecule has 2 aromatic carbocycles. The molecule has 0 aromatic heterocycles. The number of anilines is 1. The van der Waals surface area contributed by atoms with Gasteiger partial charge in [-0.2, -0.15) is 13.2 Å². The summed E-state index contributed by atoms with van der Waals surface area (Å²) in [6, 6.07) is 10.7. The van der Waals surface area contributed by atoms with Crippen LogP contribution in [0.3, 0.4) is 0 Å². The first-order chi connectivity index (χ1) is 9.36. The van der Waals surface area contributed by atoms with E-state index >= 15 is 0 Å². The van der Waals surface area contributed by atoms with Gasteiger partial charge in [-0.15, -0.1) is 0 Å². The van der Waals surface area contributed by atoms with Crippen molar-refractivity contribution in [2.45, 2.75) is 12.8 Å². The molecular formula is C14H11BrF3NO. The number of nitrogens with two attached hydrogens (primary N) is 1. The molecule has 0 fully saturated rings. The van der Waals surface area contributed by atoms with Crippen LogP contribution in [0.4, 0.5) is 18.9 Å². The average molecular weight is 346 g/mol. The monoisotopic (exact) mass is 345 g/mol. The molecule has 2 aromatic rings. The number of rotatable bonds is 3. The molecule has 0 radical (unpaired) electrons. The molecule has 0 atom stereocenters. The van der Waals surface area contributed by atoms with Crippen LogP contribution in [-0.4, -0.2) is 0 Å². The predicted molar refractivity (Wildman–Crippen MR) is 74.3 cm³/mol. The molecule has 0 spiro atoms. The summed E-state index contributed by atoms with van der Waals surface area (Å²) in [7, 11) is 0. The Morgan fingerprint density at radius 3 is 2.50 bits per heavy atom. The van der Waals surface area contributed by atoms with Gasteiger partial charge >= 0.3 is 6.18 Å². The van der Waals surface area contributed by atoms with E-state index in [0.29, 0.717) is 0 Å². The van der Waals surface area contributed by atoms with Crippen LogP contribution >= 0.6 is 15.9 Å². The summed E-state index contributed by atoms with van der Waals surface area (Å²) >= 11 is 3.29. The SMILES string of the molecule is Nc1ccc(OCc2cccc(Br)c2)c(C(F)(F)F)c1. The third-order valence-electron chi connectivity index (χ3n) is 2.59. The third-order valence-corrected chi connectivity index (χ3v) is 3.09. The van der Waals surface area contributed by atoms with Crippen molar-refractivity contribution in [2.75, 3.05) is 5.73 Å². The highest BCUT2D eigenvalue weighted by atomic mass is 79.9. The summed E-state index contributed by atoms with van der Waals surface area (Å²) in [6.45, 7) is 0.0481. The first-order valence-electron chi connectivity index (χ1n) is 5.70. The molecule has 0 heterocycles. The molecule has 0 saturated carbocycles. The summed E-state index contributed by atoms with van der Waals surface area (Å²) in [4.78, 5) is 0. The van der Waals surface area contributed by atoms with Gasteiger partial charge in [-0.3, -0.25) is 0 Å². The highest BCUT2D eigenvalue weighted by Crippen LogP contribution is 2.37. The van der Waals surface area contributed by atoms with E-state index in [4.69, 9.17) is 10.5 Å². The van der Waals surface area contributed by atoms with E-state index in [2.05, 4.69) is 15.9 Å². The number of hydrogen-bond donors (Lipinski definition) is 1. The van der Waals surface area contributed by atoms with Gasteiger partial charge in [0.2, 0.25) is 0 Å². The Morgan fingerprint density at radius 2 is 1.85 bits per heavy atom. The normalized spacial score (nSPS) is 11.4. The van der Waals surface area contributed by atoms with E-state index in [9.17, 15) is 13.2 Å². The first-order valence-corrected chi connectivity index (χ1v) is 6.49. The van der Waals surface area contributed by atoms with Gasteiger partial charge in [-0.05, 0) is 35.9 Å². The largest absolute Gasteiger partial charge is 0.488 e. The minimum atomic E-state index is -4.50. The Kier molecular flexibility index (Phi) is 4.23. The first kappa shape index (κ1) is 14.7. The molecule has 6 heteroatoms. The number of nitrogen functional groups attached to an aromatic ring is 1. The lowest BCUT2D eigenvalue weighted by Gasteiger charge is -2.14.